The van der Waals surface area contributed by atoms with Crippen molar-refractivity contribution in [1.29, 1.82) is 0 Å². The lowest BCUT2D eigenvalue weighted by Crippen LogP contribution is -2.50. The number of piperidine rings is 1. The van der Waals surface area contributed by atoms with Crippen LogP contribution in [0.4, 0.5) is 19.0 Å². The minimum Gasteiger partial charge on any atom is -0.461 e. The number of aliphatic hydroxyl groups is 1. The Bertz CT molecular complexity index is 1760. The quantitative estimate of drug-likeness (QED) is 0.292. The molecule has 2 N–H and O–H groups in total. The second-order valence-corrected chi connectivity index (χ2v) is 12.6. The molecule has 44 heavy (non-hydrogen) atoms. The second kappa shape index (κ2) is 11.0. The maximum atomic E-state index is 16.8. The van der Waals surface area contributed by atoms with Crippen molar-refractivity contribution in [3.8, 4) is 17.3 Å². The molecule has 232 valence electrons. The first-order chi connectivity index (χ1) is 21.2. The van der Waals surface area contributed by atoms with Gasteiger partial charge in [-0.3, -0.25) is 15.0 Å². The molecule has 3 fully saturated rings. The number of β-amino-alcohol motifs (C(OH)–C–C–N with tert-alkyl or cyclic N) is 1. The largest absolute Gasteiger partial charge is 0.461 e. The molecule has 9 nitrogen and oxygen atoms in total. The minimum absolute atomic E-state index is 0.00417. The van der Waals surface area contributed by atoms with Crippen molar-refractivity contribution >= 4 is 33.7 Å². The molecule has 0 aliphatic carbocycles. The molecule has 0 spiro atoms. The van der Waals surface area contributed by atoms with Gasteiger partial charge < -0.3 is 14.7 Å². The maximum Gasteiger partial charge on any atom is 0.319 e. The zero-order valence-corrected chi connectivity index (χ0v) is 24.9. The zero-order chi connectivity index (χ0) is 30.6. The predicted octanol–water partition coefficient (Wildman–Crippen LogP) is 5.30. The standard InChI is InChI=1S/C32H36F3N7O2/c1-3-6-21-19(2)11-24-22(14-37-40-24)25(21)28-26(35)27-23(13-36-28)29(41-9-5-8-32(43,16-33)17-41)39-30(38-27)44-18-31-7-4-10-42(31)15-20(34)12-31/h3,6,11,13-14,20,43H,4-5,7-10,12,15-18H2,1-2H3,(H,37,40)/b6-3-/t20-,31+,32+/m1/s1. The third-order valence-corrected chi connectivity index (χ3v) is 9.54. The molecule has 3 aromatic heterocycles. The van der Waals surface area contributed by atoms with E-state index >= 15 is 4.39 Å². The van der Waals surface area contributed by atoms with Gasteiger partial charge in [-0.15, -0.1) is 0 Å². The summed E-state index contributed by atoms with van der Waals surface area (Å²) in [5.41, 5.74) is 1.18. The van der Waals surface area contributed by atoms with Crippen LogP contribution in [-0.4, -0.2) is 91.9 Å². The van der Waals surface area contributed by atoms with Crippen molar-refractivity contribution in [2.75, 3.05) is 44.4 Å². The molecule has 1 aromatic carbocycles. The van der Waals surface area contributed by atoms with E-state index in [1.165, 1.54) is 6.20 Å². The fraction of sp³-hybridized carbons (Fsp3) is 0.500. The number of halogens is 3. The van der Waals surface area contributed by atoms with Crippen LogP contribution in [0.1, 0.15) is 50.2 Å². The lowest BCUT2D eigenvalue weighted by atomic mass is 9.93. The zero-order valence-electron chi connectivity index (χ0n) is 24.9. The van der Waals surface area contributed by atoms with Crippen LogP contribution in [0.25, 0.3) is 39.1 Å². The number of anilines is 1. The summed E-state index contributed by atoms with van der Waals surface area (Å²) in [6, 6.07) is 1.92. The minimum atomic E-state index is -1.54. The van der Waals surface area contributed by atoms with Crippen molar-refractivity contribution in [2.24, 2.45) is 0 Å². The number of nitrogens with zero attached hydrogens (tertiary/aromatic N) is 6. The Hall–Kier alpha value is -3.77. The van der Waals surface area contributed by atoms with E-state index in [1.54, 1.807) is 11.1 Å². The van der Waals surface area contributed by atoms with E-state index in [0.717, 1.165) is 36.0 Å². The molecular formula is C32H36F3N7O2. The maximum absolute atomic E-state index is 16.8. The first kappa shape index (κ1) is 29.0. The number of alkyl halides is 2. The summed E-state index contributed by atoms with van der Waals surface area (Å²) in [7, 11) is 0. The number of nitrogens with one attached hydrogen (secondary N) is 1. The van der Waals surface area contributed by atoms with Crippen LogP contribution >= 0.6 is 0 Å². The molecule has 0 radical (unpaired) electrons. The van der Waals surface area contributed by atoms with E-state index in [9.17, 15) is 13.9 Å². The van der Waals surface area contributed by atoms with Gasteiger partial charge in [-0.1, -0.05) is 12.2 Å². The van der Waals surface area contributed by atoms with Crippen LogP contribution in [0.3, 0.4) is 0 Å². The van der Waals surface area contributed by atoms with Gasteiger partial charge in [-0.25, -0.2) is 13.2 Å². The van der Waals surface area contributed by atoms with Crippen molar-refractivity contribution in [3.05, 3.63) is 41.5 Å². The Morgan fingerprint density at radius 1 is 1.18 bits per heavy atom. The fourth-order valence-electron chi connectivity index (χ4n) is 7.43. The van der Waals surface area contributed by atoms with Gasteiger partial charge in [0.2, 0.25) is 0 Å². The highest BCUT2D eigenvalue weighted by Crippen LogP contribution is 2.42. The van der Waals surface area contributed by atoms with Gasteiger partial charge in [0, 0.05) is 36.7 Å². The number of aromatic amines is 1. The number of H-pyrrole nitrogens is 1. The Morgan fingerprint density at radius 2 is 2.02 bits per heavy atom. The first-order valence-corrected chi connectivity index (χ1v) is 15.3. The summed E-state index contributed by atoms with van der Waals surface area (Å²) in [6.07, 6.45) is 9.03. The molecule has 0 amide bonds. The molecule has 3 aliphatic rings. The van der Waals surface area contributed by atoms with Gasteiger partial charge in [0.15, 0.2) is 5.82 Å². The van der Waals surface area contributed by atoms with Crippen molar-refractivity contribution in [3.63, 3.8) is 0 Å². The summed E-state index contributed by atoms with van der Waals surface area (Å²) >= 11 is 0. The Balaban J connectivity index is 1.38. The lowest BCUT2D eigenvalue weighted by molar-refractivity contribution is 0.00302. The molecule has 3 aliphatic heterocycles. The van der Waals surface area contributed by atoms with E-state index < -0.39 is 29.8 Å². The molecule has 3 atom stereocenters. The number of hydrogen-bond acceptors (Lipinski definition) is 8. The van der Waals surface area contributed by atoms with Crippen molar-refractivity contribution in [2.45, 2.75) is 63.3 Å². The van der Waals surface area contributed by atoms with Gasteiger partial charge in [-0.2, -0.15) is 15.1 Å². The average molecular weight is 608 g/mol. The van der Waals surface area contributed by atoms with E-state index in [1.807, 2.05) is 32.1 Å². The first-order valence-electron chi connectivity index (χ1n) is 15.3. The lowest BCUT2D eigenvalue weighted by Gasteiger charge is -2.38. The van der Waals surface area contributed by atoms with E-state index in [2.05, 4.69) is 30.0 Å². The Morgan fingerprint density at radius 3 is 2.84 bits per heavy atom. The van der Waals surface area contributed by atoms with Gasteiger partial charge in [0.25, 0.3) is 0 Å². The van der Waals surface area contributed by atoms with Crippen molar-refractivity contribution < 1.29 is 23.0 Å². The molecule has 4 aromatic rings. The van der Waals surface area contributed by atoms with Gasteiger partial charge in [0.1, 0.15) is 42.1 Å². The summed E-state index contributed by atoms with van der Waals surface area (Å²) in [5, 5.41) is 19.0. The molecular weight excluding hydrogens is 571 g/mol. The van der Waals surface area contributed by atoms with Gasteiger partial charge in [-0.05, 0) is 63.3 Å². The number of aromatic nitrogens is 5. The number of fused-ring (bicyclic) bond motifs is 3. The predicted molar refractivity (Wildman–Crippen MR) is 163 cm³/mol. The number of allylic oxidation sites excluding steroid dienone is 1. The van der Waals surface area contributed by atoms with Crippen molar-refractivity contribution in [1.82, 2.24) is 30.0 Å². The van der Waals surface area contributed by atoms with Gasteiger partial charge >= 0.3 is 6.01 Å². The highest BCUT2D eigenvalue weighted by molar-refractivity contribution is 6.01. The number of rotatable bonds is 7. The number of ether oxygens (including phenoxy) is 1. The average Bonchev–Trinajstić information content (AvgIpc) is 3.71. The number of benzene rings is 1. The monoisotopic (exact) mass is 607 g/mol. The van der Waals surface area contributed by atoms with Crippen LogP contribution in [-0.2, 0) is 0 Å². The molecule has 0 bridgehead atoms. The van der Waals surface area contributed by atoms with Gasteiger partial charge in [0.05, 0.1) is 29.2 Å². The third kappa shape index (κ3) is 4.79. The van der Waals surface area contributed by atoms with E-state index in [-0.39, 0.29) is 30.4 Å². The number of pyridine rings is 1. The van der Waals surface area contributed by atoms with Crippen LogP contribution < -0.4 is 9.64 Å². The van der Waals surface area contributed by atoms with Crippen LogP contribution in [0.5, 0.6) is 6.01 Å². The van der Waals surface area contributed by atoms with Crippen LogP contribution in [0.2, 0.25) is 0 Å². The Kier molecular flexibility index (Phi) is 7.24. The SMILES string of the molecule is C/C=C\c1c(C)cc2[nH]ncc2c1-c1ncc2c(N3CCC[C@](O)(CF)C3)nc(OC[C@@]34CCCN3C[C@H](F)C4)nc2c1F. The molecule has 6 heterocycles. The molecule has 7 rings (SSSR count). The number of hydrogen-bond donors (Lipinski definition) is 2. The van der Waals surface area contributed by atoms with E-state index in [0.29, 0.717) is 54.5 Å². The molecule has 0 saturated carbocycles. The summed E-state index contributed by atoms with van der Waals surface area (Å²) in [4.78, 5) is 17.7. The summed E-state index contributed by atoms with van der Waals surface area (Å²) in [6.45, 7) is 4.76. The van der Waals surface area contributed by atoms with Crippen LogP contribution in [0.15, 0.2) is 24.5 Å². The highest BCUT2D eigenvalue weighted by atomic mass is 19.1. The molecule has 12 heteroatoms. The van der Waals surface area contributed by atoms with E-state index in [4.69, 9.17) is 4.74 Å². The van der Waals surface area contributed by atoms with Crippen LogP contribution in [0, 0.1) is 12.7 Å². The summed E-state index contributed by atoms with van der Waals surface area (Å²) in [5.74, 6) is -0.338. The molecule has 0 unspecified atom stereocenters. The second-order valence-electron chi connectivity index (χ2n) is 12.6. The molecule has 3 saturated heterocycles. The number of aryl methyl sites for hydroxylation is 1. The normalized spacial score (nSPS) is 26.0. The highest BCUT2D eigenvalue weighted by Gasteiger charge is 2.49. The Labute approximate surface area is 253 Å². The third-order valence-electron chi connectivity index (χ3n) is 9.54. The summed E-state index contributed by atoms with van der Waals surface area (Å²) < 4.78 is 51.4. The topological polar surface area (TPSA) is 103 Å². The fourth-order valence-corrected chi connectivity index (χ4v) is 7.43. The smallest absolute Gasteiger partial charge is 0.319 e.